The Kier molecular flexibility index (Phi) is 3.88. The second-order valence-corrected chi connectivity index (χ2v) is 4.63. The summed E-state index contributed by atoms with van der Waals surface area (Å²) in [6, 6.07) is 10.5. The van der Waals surface area contributed by atoms with Crippen molar-refractivity contribution in [2.45, 2.75) is 13.0 Å². The molecule has 1 aromatic carbocycles. The van der Waals surface area contributed by atoms with Gasteiger partial charge in [0.05, 0.1) is 0 Å². The van der Waals surface area contributed by atoms with E-state index < -0.39 is 0 Å². The van der Waals surface area contributed by atoms with Gasteiger partial charge in [-0.15, -0.1) is 0 Å². The van der Waals surface area contributed by atoms with E-state index in [1.807, 2.05) is 12.1 Å². The quantitative estimate of drug-likeness (QED) is 0.842. The van der Waals surface area contributed by atoms with Gasteiger partial charge in [-0.3, -0.25) is 4.98 Å². The van der Waals surface area contributed by atoms with Gasteiger partial charge in [0.1, 0.15) is 11.8 Å². The Bertz CT molecular complexity index is 596. The van der Waals surface area contributed by atoms with Gasteiger partial charge in [-0.05, 0) is 26.6 Å². The lowest BCUT2D eigenvalue weighted by atomic mass is 10.0. The van der Waals surface area contributed by atoms with E-state index in [-0.39, 0.29) is 0 Å². The van der Waals surface area contributed by atoms with Crippen LogP contribution in [-0.2, 0) is 0 Å². The Morgan fingerprint density at radius 1 is 1.11 bits per heavy atom. The summed E-state index contributed by atoms with van der Waals surface area (Å²) in [4.78, 5) is 10.4. The van der Waals surface area contributed by atoms with Gasteiger partial charge in [0.2, 0.25) is 0 Å². The van der Waals surface area contributed by atoms with Gasteiger partial charge in [-0.2, -0.15) is 5.26 Å². The van der Waals surface area contributed by atoms with Crippen LogP contribution in [0.25, 0.3) is 11.3 Å². The Labute approximate surface area is 113 Å². The van der Waals surface area contributed by atoms with Gasteiger partial charge in [0, 0.05) is 24.0 Å². The van der Waals surface area contributed by atoms with Crippen LogP contribution in [0.15, 0.2) is 36.7 Å². The minimum atomic E-state index is 0.353. The van der Waals surface area contributed by atoms with Gasteiger partial charge in [-0.1, -0.05) is 24.3 Å². The SMILES string of the molecule is CC(c1ccc(-c2nccnc2C#N)cc1)N(C)C. The number of hydrogen-bond acceptors (Lipinski definition) is 4. The first kappa shape index (κ1) is 13.2. The van der Waals surface area contributed by atoms with E-state index in [1.165, 1.54) is 11.8 Å². The van der Waals surface area contributed by atoms with Gasteiger partial charge >= 0.3 is 0 Å². The summed E-state index contributed by atoms with van der Waals surface area (Å²) in [5, 5.41) is 9.04. The van der Waals surface area contributed by atoms with E-state index in [4.69, 9.17) is 5.26 Å². The molecule has 0 spiro atoms. The van der Waals surface area contributed by atoms with Gasteiger partial charge in [-0.25, -0.2) is 4.98 Å². The number of hydrogen-bond donors (Lipinski definition) is 0. The first-order valence-corrected chi connectivity index (χ1v) is 6.11. The molecule has 4 nitrogen and oxygen atoms in total. The first-order chi connectivity index (χ1) is 9.13. The molecule has 0 radical (unpaired) electrons. The molecule has 0 saturated heterocycles. The Hall–Kier alpha value is -2.25. The maximum Gasteiger partial charge on any atom is 0.166 e. The third kappa shape index (κ3) is 2.78. The van der Waals surface area contributed by atoms with E-state index in [0.29, 0.717) is 17.4 Å². The number of nitriles is 1. The zero-order chi connectivity index (χ0) is 13.8. The molecule has 1 heterocycles. The second kappa shape index (κ2) is 5.59. The molecular weight excluding hydrogens is 236 g/mol. The van der Waals surface area contributed by atoms with Crippen LogP contribution in [0.2, 0.25) is 0 Å². The van der Waals surface area contributed by atoms with Crippen molar-refractivity contribution in [1.82, 2.24) is 14.9 Å². The van der Waals surface area contributed by atoms with Crippen molar-refractivity contribution >= 4 is 0 Å². The van der Waals surface area contributed by atoms with Crippen LogP contribution >= 0.6 is 0 Å². The minimum Gasteiger partial charge on any atom is -0.303 e. The summed E-state index contributed by atoms with van der Waals surface area (Å²) in [6.45, 7) is 2.15. The molecular formula is C15H16N4. The summed E-state index contributed by atoms with van der Waals surface area (Å²) in [6.07, 6.45) is 3.14. The molecule has 0 amide bonds. The maximum atomic E-state index is 9.04. The molecule has 0 aliphatic rings. The molecule has 19 heavy (non-hydrogen) atoms. The molecule has 0 aliphatic heterocycles. The zero-order valence-electron chi connectivity index (χ0n) is 11.3. The lowest BCUT2D eigenvalue weighted by Crippen LogP contribution is -2.16. The van der Waals surface area contributed by atoms with E-state index >= 15 is 0 Å². The molecule has 1 atom stereocenters. The van der Waals surface area contributed by atoms with Gasteiger partial charge < -0.3 is 4.90 Å². The van der Waals surface area contributed by atoms with E-state index in [1.54, 1.807) is 6.20 Å². The fraction of sp³-hybridized carbons (Fsp3) is 0.267. The molecule has 1 unspecified atom stereocenters. The average molecular weight is 252 g/mol. The highest BCUT2D eigenvalue weighted by molar-refractivity contribution is 5.64. The molecule has 4 heteroatoms. The summed E-state index contributed by atoms with van der Waals surface area (Å²) >= 11 is 0. The van der Waals surface area contributed by atoms with Crippen molar-refractivity contribution < 1.29 is 0 Å². The molecule has 1 aromatic heterocycles. The third-order valence-electron chi connectivity index (χ3n) is 3.25. The first-order valence-electron chi connectivity index (χ1n) is 6.11. The van der Waals surface area contributed by atoms with Crippen molar-refractivity contribution in [3.63, 3.8) is 0 Å². The minimum absolute atomic E-state index is 0.353. The summed E-state index contributed by atoms with van der Waals surface area (Å²) < 4.78 is 0. The van der Waals surface area contributed by atoms with Crippen LogP contribution in [0.1, 0.15) is 24.2 Å². The monoisotopic (exact) mass is 252 g/mol. The van der Waals surface area contributed by atoms with Crippen molar-refractivity contribution in [2.24, 2.45) is 0 Å². The maximum absolute atomic E-state index is 9.04. The summed E-state index contributed by atoms with van der Waals surface area (Å²) in [7, 11) is 4.10. The predicted molar refractivity (Wildman–Crippen MR) is 74.3 cm³/mol. The molecule has 0 aliphatic carbocycles. The van der Waals surface area contributed by atoms with Gasteiger partial charge in [0.15, 0.2) is 5.69 Å². The standard InChI is InChI=1S/C15H16N4/c1-11(19(2)3)12-4-6-13(7-5-12)15-14(10-16)17-8-9-18-15/h4-9,11H,1-3H3. The zero-order valence-corrected chi connectivity index (χ0v) is 11.3. The van der Waals surface area contributed by atoms with Crippen LogP contribution in [0.4, 0.5) is 0 Å². The van der Waals surface area contributed by atoms with Gasteiger partial charge in [0.25, 0.3) is 0 Å². The molecule has 2 aromatic rings. The molecule has 0 bridgehead atoms. The number of rotatable bonds is 3. The van der Waals surface area contributed by atoms with Crippen molar-refractivity contribution in [3.8, 4) is 17.3 Å². The largest absolute Gasteiger partial charge is 0.303 e. The topological polar surface area (TPSA) is 52.8 Å². The van der Waals surface area contributed by atoms with Crippen molar-refractivity contribution in [2.75, 3.05) is 14.1 Å². The molecule has 96 valence electrons. The number of aromatic nitrogens is 2. The lowest BCUT2D eigenvalue weighted by Gasteiger charge is -2.20. The highest BCUT2D eigenvalue weighted by Crippen LogP contribution is 2.23. The predicted octanol–water partition coefficient (Wildman–Crippen LogP) is 2.64. The van der Waals surface area contributed by atoms with E-state index in [9.17, 15) is 0 Å². The Balaban J connectivity index is 2.36. The highest BCUT2D eigenvalue weighted by Gasteiger charge is 2.10. The third-order valence-corrected chi connectivity index (χ3v) is 3.25. The highest BCUT2D eigenvalue weighted by atomic mass is 15.1. The molecule has 0 fully saturated rings. The number of benzene rings is 1. The fourth-order valence-electron chi connectivity index (χ4n) is 1.85. The fourth-order valence-corrected chi connectivity index (χ4v) is 1.85. The molecule has 2 rings (SSSR count). The Morgan fingerprint density at radius 3 is 2.32 bits per heavy atom. The number of nitrogens with zero attached hydrogens (tertiary/aromatic N) is 4. The average Bonchev–Trinajstić information content (AvgIpc) is 2.46. The molecule has 0 N–H and O–H groups in total. The smallest absolute Gasteiger partial charge is 0.166 e. The van der Waals surface area contributed by atoms with Crippen LogP contribution in [0.3, 0.4) is 0 Å². The summed E-state index contributed by atoms with van der Waals surface area (Å²) in [5.41, 5.74) is 3.14. The lowest BCUT2D eigenvalue weighted by molar-refractivity contribution is 0.321. The van der Waals surface area contributed by atoms with E-state index in [0.717, 1.165) is 5.56 Å². The molecule has 0 saturated carbocycles. The Morgan fingerprint density at radius 2 is 1.74 bits per heavy atom. The van der Waals surface area contributed by atoms with Crippen LogP contribution < -0.4 is 0 Å². The normalized spacial score (nSPS) is 12.2. The van der Waals surface area contributed by atoms with Crippen molar-refractivity contribution in [1.29, 1.82) is 5.26 Å². The summed E-state index contributed by atoms with van der Waals surface area (Å²) in [5.74, 6) is 0. The van der Waals surface area contributed by atoms with Crippen LogP contribution in [0.5, 0.6) is 0 Å². The van der Waals surface area contributed by atoms with E-state index in [2.05, 4.69) is 54.1 Å². The van der Waals surface area contributed by atoms with Crippen LogP contribution in [0, 0.1) is 11.3 Å². The van der Waals surface area contributed by atoms with Crippen LogP contribution in [-0.4, -0.2) is 29.0 Å². The van der Waals surface area contributed by atoms with Crippen molar-refractivity contribution in [3.05, 3.63) is 47.9 Å². The second-order valence-electron chi connectivity index (χ2n) is 4.63.